The second kappa shape index (κ2) is 7.14. The topological polar surface area (TPSA) is 84.6 Å². The number of nitrogens with two attached hydrogens (primary N) is 1. The number of aliphatic hydroxyl groups excluding tert-OH is 1. The molecule has 4 N–H and O–H groups in total. The third-order valence-electron chi connectivity index (χ3n) is 3.21. The van der Waals surface area contributed by atoms with Gasteiger partial charge >= 0.3 is 0 Å². The predicted molar refractivity (Wildman–Crippen MR) is 79.8 cm³/mol. The lowest BCUT2D eigenvalue weighted by Crippen LogP contribution is -2.34. The summed E-state index contributed by atoms with van der Waals surface area (Å²) < 4.78 is 5.17. The van der Waals surface area contributed by atoms with Crippen LogP contribution in [0.3, 0.4) is 0 Å². The maximum atomic E-state index is 12.2. The van der Waals surface area contributed by atoms with Gasteiger partial charge in [0.05, 0.1) is 12.7 Å². The van der Waals surface area contributed by atoms with Gasteiger partial charge in [-0.15, -0.1) is 0 Å². The molecule has 0 atom stereocenters. The molecule has 1 rings (SSSR count). The van der Waals surface area contributed by atoms with Crippen LogP contribution in [-0.2, 0) is 0 Å². The molecule has 0 saturated heterocycles. The minimum Gasteiger partial charge on any atom is -0.496 e. The Bertz CT molecular complexity index is 458. The highest BCUT2D eigenvalue weighted by atomic mass is 16.5. The molecule has 0 aliphatic carbocycles. The average molecular weight is 280 g/mol. The second-order valence-electron chi connectivity index (χ2n) is 5.63. The number of amides is 1. The van der Waals surface area contributed by atoms with Gasteiger partial charge in [0.25, 0.3) is 5.91 Å². The number of hydrogen-bond acceptors (Lipinski definition) is 4. The van der Waals surface area contributed by atoms with E-state index in [1.807, 2.05) is 0 Å². The molecule has 0 aliphatic heterocycles. The summed E-state index contributed by atoms with van der Waals surface area (Å²) in [5, 5.41) is 11.8. The van der Waals surface area contributed by atoms with Crippen molar-refractivity contribution in [1.29, 1.82) is 0 Å². The van der Waals surface area contributed by atoms with Gasteiger partial charge < -0.3 is 20.9 Å². The summed E-state index contributed by atoms with van der Waals surface area (Å²) in [4.78, 5) is 12.2. The lowest BCUT2D eigenvalue weighted by molar-refractivity contribution is 0.0930. The number of hydrogen-bond donors (Lipinski definition) is 3. The number of nitrogens with one attached hydrogen (secondary N) is 1. The maximum absolute atomic E-state index is 12.2. The average Bonchev–Trinajstić information content (AvgIpc) is 2.42. The zero-order valence-electron chi connectivity index (χ0n) is 12.4. The molecule has 0 aromatic heterocycles. The number of methoxy groups -OCH3 is 1. The van der Waals surface area contributed by atoms with Crippen molar-refractivity contribution in [2.24, 2.45) is 5.41 Å². The van der Waals surface area contributed by atoms with E-state index in [9.17, 15) is 4.79 Å². The molecule has 0 radical (unpaired) electrons. The molecule has 112 valence electrons. The van der Waals surface area contributed by atoms with Gasteiger partial charge in [-0.3, -0.25) is 4.79 Å². The molecule has 20 heavy (non-hydrogen) atoms. The number of ether oxygens (including phenoxy) is 1. The molecular weight excluding hydrogens is 256 g/mol. The molecule has 0 aliphatic rings. The Hall–Kier alpha value is -1.75. The minimum absolute atomic E-state index is 0.0561. The minimum atomic E-state index is -0.182. The van der Waals surface area contributed by atoms with Crippen molar-refractivity contribution >= 4 is 11.6 Å². The van der Waals surface area contributed by atoms with E-state index in [1.54, 1.807) is 18.2 Å². The summed E-state index contributed by atoms with van der Waals surface area (Å²) in [6.07, 6.45) is 1.58. The van der Waals surface area contributed by atoms with E-state index in [0.717, 1.165) is 12.8 Å². The van der Waals surface area contributed by atoms with E-state index in [0.29, 0.717) is 23.5 Å². The zero-order valence-corrected chi connectivity index (χ0v) is 12.4. The van der Waals surface area contributed by atoms with Crippen LogP contribution in [0.4, 0.5) is 5.69 Å². The number of carbonyl (C=O) groups is 1. The lowest BCUT2D eigenvalue weighted by Gasteiger charge is -2.24. The largest absolute Gasteiger partial charge is 0.496 e. The predicted octanol–water partition coefficient (Wildman–Crippen LogP) is 1.81. The molecule has 1 aromatic rings. The Labute approximate surface area is 120 Å². The normalized spacial score (nSPS) is 11.2. The Kier molecular flexibility index (Phi) is 5.82. The Morgan fingerprint density at radius 3 is 2.75 bits per heavy atom. The zero-order chi connectivity index (χ0) is 15.2. The molecule has 0 saturated carbocycles. The van der Waals surface area contributed by atoms with Crippen molar-refractivity contribution in [3.05, 3.63) is 23.8 Å². The summed E-state index contributed by atoms with van der Waals surface area (Å²) in [7, 11) is 1.51. The molecule has 0 bridgehead atoms. The van der Waals surface area contributed by atoms with Gasteiger partial charge in [-0.2, -0.15) is 0 Å². The Balaban J connectivity index is 2.67. The van der Waals surface area contributed by atoms with Gasteiger partial charge in [0, 0.05) is 24.9 Å². The van der Waals surface area contributed by atoms with E-state index in [4.69, 9.17) is 15.6 Å². The van der Waals surface area contributed by atoms with Crippen LogP contribution in [0.15, 0.2) is 18.2 Å². The highest BCUT2D eigenvalue weighted by Gasteiger charge is 2.20. The number of carbonyl (C=O) groups excluding carboxylic acids is 1. The van der Waals surface area contributed by atoms with Crippen LogP contribution in [0.5, 0.6) is 5.75 Å². The fourth-order valence-corrected chi connectivity index (χ4v) is 1.96. The van der Waals surface area contributed by atoms with Crippen LogP contribution in [0.25, 0.3) is 0 Å². The third kappa shape index (κ3) is 4.74. The van der Waals surface area contributed by atoms with Crippen LogP contribution in [-0.4, -0.2) is 31.3 Å². The molecule has 0 fully saturated rings. The number of anilines is 1. The van der Waals surface area contributed by atoms with Crippen LogP contribution in [0.2, 0.25) is 0 Å². The summed E-state index contributed by atoms with van der Waals surface area (Å²) in [6.45, 7) is 4.83. The SMILES string of the molecule is COc1cc(N)ccc1C(=O)NCC(C)(C)CCCO. The first-order chi connectivity index (χ1) is 9.39. The summed E-state index contributed by atoms with van der Waals surface area (Å²) in [6, 6.07) is 4.96. The van der Waals surface area contributed by atoms with E-state index in [1.165, 1.54) is 7.11 Å². The molecule has 0 spiro atoms. The van der Waals surface area contributed by atoms with Gasteiger partial charge in [0.2, 0.25) is 0 Å². The molecule has 0 heterocycles. The summed E-state index contributed by atoms with van der Waals surface area (Å²) >= 11 is 0. The molecule has 1 amide bonds. The van der Waals surface area contributed by atoms with Crippen LogP contribution in [0, 0.1) is 5.41 Å². The highest BCUT2D eigenvalue weighted by molar-refractivity contribution is 5.97. The quantitative estimate of drug-likeness (QED) is 0.665. The third-order valence-corrected chi connectivity index (χ3v) is 3.21. The summed E-state index contributed by atoms with van der Waals surface area (Å²) in [5.41, 5.74) is 6.64. The second-order valence-corrected chi connectivity index (χ2v) is 5.63. The number of nitrogen functional groups attached to an aromatic ring is 1. The van der Waals surface area contributed by atoms with Gasteiger partial charge in [-0.05, 0) is 30.4 Å². The molecule has 1 aromatic carbocycles. The number of rotatable bonds is 7. The van der Waals surface area contributed by atoms with Gasteiger partial charge in [0.15, 0.2) is 0 Å². The molecule has 5 heteroatoms. The van der Waals surface area contributed by atoms with Crippen molar-refractivity contribution in [2.75, 3.05) is 26.0 Å². The van der Waals surface area contributed by atoms with E-state index >= 15 is 0 Å². The fourth-order valence-electron chi connectivity index (χ4n) is 1.96. The van der Waals surface area contributed by atoms with E-state index in [-0.39, 0.29) is 17.9 Å². The van der Waals surface area contributed by atoms with Crippen LogP contribution in [0.1, 0.15) is 37.0 Å². The van der Waals surface area contributed by atoms with E-state index < -0.39 is 0 Å². The first kappa shape index (κ1) is 16.3. The van der Waals surface area contributed by atoms with Gasteiger partial charge in [-0.25, -0.2) is 0 Å². The number of benzene rings is 1. The van der Waals surface area contributed by atoms with Crippen molar-refractivity contribution in [1.82, 2.24) is 5.32 Å². The first-order valence-electron chi connectivity index (χ1n) is 6.72. The molecule has 0 unspecified atom stereocenters. The van der Waals surface area contributed by atoms with E-state index in [2.05, 4.69) is 19.2 Å². The summed E-state index contributed by atoms with van der Waals surface area (Å²) in [5.74, 6) is 0.287. The standard InChI is InChI=1S/C15H24N2O3/c1-15(2,7-4-8-18)10-17-14(19)12-6-5-11(16)9-13(12)20-3/h5-6,9,18H,4,7-8,10,16H2,1-3H3,(H,17,19). The fraction of sp³-hybridized carbons (Fsp3) is 0.533. The van der Waals surface area contributed by atoms with Crippen molar-refractivity contribution in [3.8, 4) is 5.75 Å². The smallest absolute Gasteiger partial charge is 0.255 e. The Morgan fingerprint density at radius 2 is 2.15 bits per heavy atom. The van der Waals surface area contributed by atoms with Crippen molar-refractivity contribution in [2.45, 2.75) is 26.7 Å². The number of aliphatic hydroxyl groups is 1. The first-order valence-corrected chi connectivity index (χ1v) is 6.72. The Morgan fingerprint density at radius 1 is 1.45 bits per heavy atom. The van der Waals surface area contributed by atoms with Crippen molar-refractivity contribution in [3.63, 3.8) is 0 Å². The maximum Gasteiger partial charge on any atom is 0.255 e. The molecule has 5 nitrogen and oxygen atoms in total. The van der Waals surface area contributed by atoms with Crippen LogP contribution < -0.4 is 15.8 Å². The van der Waals surface area contributed by atoms with Crippen LogP contribution >= 0.6 is 0 Å². The highest BCUT2D eigenvalue weighted by Crippen LogP contribution is 2.23. The molecular formula is C15H24N2O3. The monoisotopic (exact) mass is 280 g/mol. The lowest BCUT2D eigenvalue weighted by atomic mass is 9.88. The van der Waals surface area contributed by atoms with Crippen molar-refractivity contribution < 1.29 is 14.6 Å². The van der Waals surface area contributed by atoms with Gasteiger partial charge in [-0.1, -0.05) is 13.8 Å². The van der Waals surface area contributed by atoms with Gasteiger partial charge in [0.1, 0.15) is 5.75 Å².